The predicted molar refractivity (Wildman–Crippen MR) is 92.0 cm³/mol. The third-order valence-electron chi connectivity index (χ3n) is 3.65. The fourth-order valence-electron chi connectivity index (χ4n) is 2.60. The number of rotatable bonds is 4. The molecule has 0 fully saturated rings. The third kappa shape index (κ3) is 3.16. The normalized spacial score (nSPS) is 11.5. The van der Waals surface area contributed by atoms with Crippen LogP contribution in [0.3, 0.4) is 0 Å². The molecule has 0 saturated carbocycles. The number of nitrogens with two attached hydrogens (primary N) is 1. The highest BCUT2D eigenvalue weighted by Gasteiger charge is 2.15. The molecule has 0 saturated heterocycles. The van der Waals surface area contributed by atoms with Crippen molar-refractivity contribution in [1.29, 1.82) is 0 Å². The lowest BCUT2D eigenvalue weighted by atomic mass is 9.99. The van der Waals surface area contributed by atoms with E-state index in [1.165, 1.54) is 4.80 Å². The molecule has 1 heterocycles. The molecule has 6 heteroatoms. The van der Waals surface area contributed by atoms with Gasteiger partial charge in [0.25, 0.3) is 0 Å². The number of phenolic OH excluding ortho intramolecular Hbond substituents is 1. The molecule has 0 atom stereocenters. The van der Waals surface area contributed by atoms with Crippen molar-refractivity contribution < 1.29 is 5.11 Å². The van der Waals surface area contributed by atoms with Gasteiger partial charge in [-0.3, -0.25) is 0 Å². The topological polar surface area (TPSA) is 77.0 Å². The summed E-state index contributed by atoms with van der Waals surface area (Å²) in [7, 11) is 0. The molecule has 0 unspecified atom stereocenters. The number of aromatic hydroxyl groups is 1. The molecule has 23 heavy (non-hydrogen) atoms. The number of hydrogen-bond acceptors (Lipinski definition) is 4. The molecule has 3 aromatic rings. The number of hydrogen-bond donors (Lipinski definition) is 2. The average Bonchev–Trinajstić information content (AvgIpc) is 2.91. The highest BCUT2D eigenvalue weighted by Crippen LogP contribution is 2.30. The van der Waals surface area contributed by atoms with Gasteiger partial charge in [-0.15, -0.1) is 15.0 Å². The van der Waals surface area contributed by atoms with E-state index in [1.807, 2.05) is 12.1 Å². The van der Waals surface area contributed by atoms with Crippen LogP contribution < -0.4 is 5.73 Å². The molecule has 0 amide bonds. The number of halogens is 1. The summed E-state index contributed by atoms with van der Waals surface area (Å²) in [4.78, 5) is 1.44. The largest absolute Gasteiger partial charge is 0.505 e. The van der Waals surface area contributed by atoms with E-state index in [2.05, 4.69) is 24.0 Å². The number of nitrogens with zero attached hydrogens (tertiary/aromatic N) is 3. The Morgan fingerprint density at radius 2 is 1.91 bits per heavy atom. The second kappa shape index (κ2) is 6.18. The molecule has 0 aliphatic carbocycles. The summed E-state index contributed by atoms with van der Waals surface area (Å²) in [5.41, 5.74) is 9.53. The second-order valence-electron chi connectivity index (χ2n) is 6.05. The summed E-state index contributed by atoms with van der Waals surface area (Å²) in [5.74, 6) is 0.618. The van der Waals surface area contributed by atoms with E-state index >= 15 is 0 Å². The Labute approximate surface area is 139 Å². The van der Waals surface area contributed by atoms with Gasteiger partial charge in [0.1, 0.15) is 22.5 Å². The van der Waals surface area contributed by atoms with Gasteiger partial charge in [-0.25, -0.2) is 0 Å². The zero-order valence-electron chi connectivity index (χ0n) is 13.1. The van der Waals surface area contributed by atoms with Crippen molar-refractivity contribution in [2.24, 2.45) is 11.7 Å². The Bertz CT molecular complexity index is 857. The summed E-state index contributed by atoms with van der Waals surface area (Å²) >= 11 is 5.99. The van der Waals surface area contributed by atoms with Crippen molar-refractivity contribution in [3.05, 3.63) is 46.5 Å². The van der Waals surface area contributed by atoms with Crippen LogP contribution in [-0.4, -0.2) is 20.1 Å². The molecule has 1 aromatic heterocycles. The number of aromatic nitrogens is 3. The highest BCUT2D eigenvalue weighted by molar-refractivity contribution is 6.31. The van der Waals surface area contributed by atoms with Crippen molar-refractivity contribution in [3.63, 3.8) is 0 Å². The lowest BCUT2D eigenvalue weighted by Gasteiger charge is -2.13. The lowest BCUT2D eigenvalue weighted by molar-refractivity contribution is 0.455. The summed E-state index contributed by atoms with van der Waals surface area (Å²) in [6.07, 6.45) is 0.763. The molecule has 5 nitrogen and oxygen atoms in total. The van der Waals surface area contributed by atoms with Gasteiger partial charge in [0.05, 0.1) is 0 Å². The van der Waals surface area contributed by atoms with Crippen LogP contribution in [0, 0.1) is 5.92 Å². The predicted octanol–water partition coefficient (Wildman–Crippen LogP) is 3.44. The van der Waals surface area contributed by atoms with Crippen LogP contribution in [0.25, 0.3) is 16.7 Å². The van der Waals surface area contributed by atoms with Crippen molar-refractivity contribution >= 4 is 22.6 Å². The molecule has 2 aromatic carbocycles. The fourth-order valence-corrected chi connectivity index (χ4v) is 2.77. The summed E-state index contributed by atoms with van der Waals surface area (Å²) in [6.45, 7) is 4.61. The van der Waals surface area contributed by atoms with Gasteiger partial charge < -0.3 is 10.8 Å². The Morgan fingerprint density at radius 1 is 1.17 bits per heavy atom. The summed E-state index contributed by atoms with van der Waals surface area (Å²) in [6, 6.07) is 9.08. The van der Waals surface area contributed by atoms with E-state index in [-0.39, 0.29) is 5.75 Å². The van der Waals surface area contributed by atoms with Crippen molar-refractivity contribution in [2.75, 3.05) is 0 Å². The van der Waals surface area contributed by atoms with Crippen LogP contribution in [0.4, 0.5) is 0 Å². The van der Waals surface area contributed by atoms with Crippen LogP contribution in [-0.2, 0) is 13.0 Å². The third-order valence-corrected chi connectivity index (χ3v) is 3.89. The number of fused-ring (bicyclic) bond motifs is 1. The van der Waals surface area contributed by atoms with Crippen LogP contribution in [0.2, 0.25) is 5.02 Å². The van der Waals surface area contributed by atoms with Gasteiger partial charge in [0.2, 0.25) is 0 Å². The molecule has 120 valence electrons. The van der Waals surface area contributed by atoms with E-state index in [4.69, 9.17) is 17.3 Å². The van der Waals surface area contributed by atoms with Gasteiger partial charge in [0.15, 0.2) is 0 Å². The maximum atomic E-state index is 10.6. The van der Waals surface area contributed by atoms with Gasteiger partial charge in [-0.05, 0) is 47.7 Å². The van der Waals surface area contributed by atoms with Crippen LogP contribution in [0.15, 0.2) is 30.3 Å². The number of phenols is 1. The molecule has 3 N–H and O–H groups in total. The Kier molecular flexibility index (Phi) is 4.24. The van der Waals surface area contributed by atoms with Gasteiger partial charge >= 0.3 is 0 Å². The Balaban J connectivity index is 2.16. The first-order valence-corrected chi connectivity index (χ1v) is 7.93. The zero-order chi connectivity index (χ0) is 16.6. The molecular formula is C17H19ClN4O. The van der Waals surface area contributed by atoms with E-state index < -0.39 is 0 Å². The van der Waals surface area contributed by atoms with Crippen LogP contribution in [0.5, 0.6) is 5.75 Å². The molecule has 0 bridgehead atoms. The molecule has 0 radical (unpaired) electrons. The van der Waals surface area contributed by atoms with Gasteiger partial charge in [-0.2, -0.15) is 0 Å². The first-order chi connectivity index (χ1) is 11.0. The van der Waals surface area contributed by atoms with Crippen LogP contribution >= 0.6 is 11.6 Å². The number of benzene rings is 2. The van der Waals surface area contributed by atoms with E-state index in [1.54, 1.807) is 18.2 Å². The van der Waals surface area contributed by atoms with Crippen LogP contribution in [0.1, 0.15) is 25.0 Å². The Morgan fingerprint density at radius 3 is 2.61 bits per heavy atom. The first-order valence-electron chi connectivity index (χ1n) is 7.55. The standard InChI is InChI=1S/C17H19ClN4O/c1-10(2)5-12-6-11(9-19)7-16(17(12)23)22-20-14-4-3-13(18)8-15(14)21-22/h3-4,6-8,10,23H,5,9,19H2,1-2H3. The molecule has 0 spiro atoms. The monoisotopic (exact) mass is 330 g/mol. The van der Waals surface area contributed by atoms with Crippen molar-refractivity contribution in [1.82, 2.24) is 15.0 Å². The molecule has 0 aliphatic heterocycles. The minimum absolute atomic E-state index is 0.197. The van der Waals surface area contributed by atoms with E-state index in [9.17, 15) is 5.11 Å². The van der Waals surface area contributed by atoms with Gasteiger partial charge in [0, 0.05) is 11.6 Å². The maximum Gasteiger partial charge on any atom is 0.146 e. The molecule has 3 rings (SSSR count). The minimum atomic E-state index is 0.197. The Hall–Kier alpha value is -2.11. The lowest BCUT2D eigenvalue weighted by Crippen LogP contribution is -2.06. The maximum absolute atomic E-state index is 10.6. The smallest absolute Gasteiger partial charge is 0.146 e. The van der Waals surface area contributed by atoms with E-state index in [0.29, 0.717) is 28.7 Å². The second-order valence-corrected chi connectivity index (χ2v) is 6.48. The highest BCUT2D eigenvalue weighted by atomic mass is 35.5. The average molecular weight is 331 g/mol. The van der Waals surface area contributed by atoms with Crippen molar-refractivity contribution in [3.8, 4) is 11.4 Å². The molecular weight excluding hydrogens is 312 g/mol. The molecule has 0 aliphatic rings. The first kappa shape index (κ1) is 15.8. The fraction of sp³-hybridized carbons (Fsp3) is 0.294. The summed E-state index contributed by atoms with van der Waals surface area (Å²) < 4.78 is 0. The van der Waals surface area contributed by atoms with Crippen molar-refractivity contribution in [2.45, 2.75) is 26.8 Å². The quantitative estimate of drug-likeness (QED) is 0.768. The SMILES string of the molecule is CC(C)Cc1cc(CN)cc(-n2nc3ccc(Cl)cc3n2)c1O. The minimum Gasteiger partial charge on any atom is -0.505 e. The van der Waals surface area contributed by atoms with E-state index in [0.717, 1.165) is 23.1 Å². The van der Waals surface area contributed by atoms with Gasteiger partial charge in [-0.1, -0.05) is 31.5 Å². The summed E-state index contributed by atoms with van der Waals surface area (Å²) in [5, 5.41) is 20.1. The zero-order valence-corrected chi connectivity index (χ0v) is 13.9.